The van der Waals surface area contributed by atoms with Crippen molar-refractivity contribution in [3.63, 3.8) is 0 Å². The Hall–Kier alpha value is -1.06. The Morgan fingerprint density at radius 3 is 2.81 bits per heavy atom. The van der Waals surface area contributed by atoms with Crippen LogP contribution in [-0.2, 0) is 11.2 Å². The zero-order valence-corrected chi connectivity index (χ0v) is 9.19. The Bertz CT molecular complexity index is 381. The number of hydrogen-bond donors (Lipinski definition) is 1. The van der Waals surface area contributed by atoms with Gasteiger partial charge in [-0.25, -0.2) is 0 Å². The van der Waals surface area contributed by atoms with Gasteiger partial charge in [0, 0.05) is 6.42 Å². The molecule has 3 rings (SSSR count). The van der Waals surface area contributed by atoms with Gasteiger partial charge in [-0.05, 0) is 30.5 Å². The molecule has 3 nitrogen and oxygen atoms in total. The Balaban J connectivity index is 1.66. The zero-order valence-electron chi connectivity index (χ0n) is 9.19. The predicted octanol–water partition coefficient (Wildman–Crippen LogP) is 1.53. The first-order valence-electron chi connectivity index (χ1n) is 5.79. The highest BCUT2D eigenvalue weighted by molar-refractivity contribution is 5.30. The fourth-order valence-electron chi connectivity index (χ4n) is 1.90. The molecule has 2 aliphatic rings. The van der Waals surface area contributed by atoms with E-state index >= 15 is 0 Å². The average Bonchev–Trinajstić information content (AvgIpc) is 2.90. The summed E-state index contributed by atoms with van der Waals surface area (Å²) in [7, 11) is 0. The second-order valence-corrected chi connectivity index (χ2v) is 4.83. The number of rotatable bonds is 4. The first-order valence-corrected chi connectivity index (χ1v) is 5.79. The molecule has 0 amide bonds. The molecule has 0 atom stereocenters. The van der Waals surface area contributed by atoms with Gasteiger partial charge in [-0.1, -0.05) is 12.1 Å². The highest BCUT2D eigenvalue weighted by atomic mass is 16.6. The molecule has 2 fully saturated rings. The summed E-state index contributed by atoms with van der Waals surface area (Å²) in [5.41, 5.74) is 0.718. The third-order valence-corrected chi connectivity index (χ3v) is 3.17. The molecule has 1 aromatic rings. The van der Waals surface area contributed by atoms with Crippen molar-refractivity contribution < 1.29 is 14.6 Å². The van der Waals surface area contributed by atoms with E-state index in [1.807, 2.05) is 24.3 Å². The summed E-state index contributed by atoms with van der Waals surface area (Å²) >= 11 is 0. The van der Waals surface area contributed by atoms with E-state index in [4.69, 9.17) is 9.47 Å². The molecule has 0 unspecified atom stereocenters. The van der Waals surface area contributed by atoms with Crippen LogP contribution in [0.1, 0.15) is 18.4 Å². The molecule has 0 aromatic heterocycles. The van der Waals surface area contributed by atoms with Crippen LogP contribution < -0.4 is 4.74 Å². The summed E-state index contributed by atoms with van der Waals surface area (Å²) in [5.74, 6) is 0.884. The molecule has 1 heterocycles. The van der Waals surface area contributed by atoms with Crippen LogP contribution in [0, 0.1) is 0 Å². The van der Waals surface area contributed by atoms with E-state index in [1.165, 1.54) is 0 Å². The van der Waals surface area contributed by atoms with Gasteiger partial charge >= 0.3 is 0 Å². The number of ether oxygens (including phenoxy) is 2. The van der Waals surface area contributed by atoms with E-state index in [0.717, 1.165) is 30.6 Å². The SMILES string of the molecule is OC1(Cc2cccc(OC3COC3)c2)CC1. The first-order chi connectivity index (χ1) is 7.73. The van der Waals surface area contributed by atoms with Crippen LogP contribution in [0.2, 0.25) is 0 Å². The van der Waals surface area contributed by atoms with Crippen molar-refractivity contribution in [2.45, 2.75) is 31.0 Å². The van der Waals surface area contributed by atoms with Crippen LogP contribution in [0.4, 0.5) is 0 Å². The van der Waals surface area contributed by atoms with Crippen molar-refractivity contribution in [3.8, 4) is 5.75 Å². The molecule has 0 radical (unpaired) electrons. The van der Waals surface area contributed by atoms with Crippen molar-refractivity contribution in [2.24, 2.45) is 0 Å². The van der Waals surface area contributed by atoms with Crippen molar-refractivity contribution in [1.82, 2.24) is 0 Å². The van der Waals surface area contributed by atoms with Gasteiger partial charge in [0.25, 0.3) is 0 Å². The molecule has 86 valence electrons. The Morgan fingerprint density at radius 1 is 1.38 bits per heavy atom. The van der Waals surface area contributed by atoms with Crippen LogP contribution in [0.15, 0.2) is 24.3 Å². The molecule has 3 heteroatoms. The topological polar surface area (TPSA) is 38.7 Å². The summed E-state index contributed by atoms with van der Waals surface area (Å²) < 4.78 is 10.8. The standard InChI is InChI=1S/C13H16O3/c14-13(4-5-13)7-10-2-1-3-11(6-10)16-12-8-15-9-12/h1-3,6,12,14H,4-5,7-9H2. The molecular weight excluding hydrogens is 204 g/mol. The Morgan fingerprint density at radius 2 is 2.19 bits per heavy atom. The third-order valence-electron chi connectivity index (χ3n) is 3.17. The number of hydrogen-bond acceptors (Lipinski definition) is 3. The highest BCUT2D eigenvalue weighted by Crippen LogP contribution is 2.38. The van der Waals surface area contributed by atoms with E-state index in [1.54, 1.807) is 0 Å². The summed E-state index contributed by atoms with van der Waals surface area (Å²) in [6.07, 6.45) is 2.80. The van der Waals surface area contributed by atoms with Gasteiger partial charge in [0.15, 0.2) is 0 Å². The van der Waals surface area contributed by atoms with Crippen molar-refractivity contribution >= 4 is 0 Å². The molecule has 1 aliphatic carbocycles. The summed E-state index contributed by atoms with van der Waals surface area (Å²) in [5, 5.41) is 9.85. The van der Waals surface area contributed by atoms with E-state index in [9.17, 15) is 5.11 Å². The largest absolute Gasteiger partial charge is 0.486 e. The fraction of sp³-hybridized carbons (Fsp3) is 0.538. The minimum Gasteiger partial charge on any atom is -0.486 e. The Kier molecular flexibility index (Phi) is 2.37. The van der Waals surface area contributed by atoms with E-state index in [0.29, 0.717) is 13.2 Å². The Labute approximate surface area is 95.0 Å². The molecule has 1 saturated heterocycles. The zero-order chi connectivity index (χ0) is 11.0. The number of benzene rings is 1. The first kappa shape index (κ1) is 10.1. The summed E-state index contributed by atoms with van der Waals surface area (Å²) in [6.45, 7) is 1.38. The van der Waals surface area contributed by atoms with Crippen LogP contribution >= 0.6 is 0 Å². The van der Waals surface area contributed by atoms with Gasteiger partial charge in [0.05, 0.1) is 18.8 Å². The van der Waals surface area contributed by atoms with E-state index < -0.39 is 5.60 Å². The van der Waals surface area contributed by atoms with Gasteiger partial charge in [0.2, 0.25) is 0 Å². The van der Waals surface area contributed by atoms with Crippen LogP contribution in [0.3, 0.4) is 0 Å². The lowest BCUT2D eigenvalue weighted by atomic mass is 10.1. The molecule has 16 heavy (non-hydrogen) atoms. The second kappa shape index (κ2) is 3.75. The average molecular weight is 220 g/mol. The lowest BCUT2D eigenvalue weighted by molar-refractivity contribution is -0.0797. The monoisotopic (exact) mass is 220 g/mol. The van der Waals surface area contributed by atoms with E-state index in [2.05, 4.69) is 0 Å². The minimum absolute atomic E-state index is 0.208. The van der Waals surface area contributed by atoms with Gasteiger partial charge in [-0.3, -0.25) is 0 Å². The molecule has 1 saturated carbocycles. The molecule has 1 aliphatic heterocycles. The maximum Gasteiger partial charge on any atom is 0.145 e. The lowest BCUT2D eigenvalue weighted by Crippen LogP contribution is -2.38. The van der Waals surface area contributed by atoms with Gasteiger partial charge in [-0.2, -0.15) is 0 Å². The van der Waals surface area contributed by atoms with Crippen LogP contribution in [0.5, 0.6) is 5.75 Å². The summed E-state index contributed by atoms with van der Waals surface area (Å²) in [6, 6.07) is 8.00. The maximum absolute atomic E-state index is 9.85. The van der Waals surface area contributed by atoms with Gasteiger partial charge in [-0.15, -0.1) is 0 Å². The predicted molar refractivity (Wildman–Crippen MR) is 59.6 cm³/mol. The molecule has 1 aromatic carbocycles. The normalized spacial score (nSPS) is 22.6. The van der Waals surface area contributed by atoms with Crippen LogP contribution in [-0.4, -0.2) is 30.0 Å². The highest BCUT2D eigenvalue weighted by Gasteiger charge is 2.40. The quantitative estimate of drug-likeness (QED) is 0.836. The smallest absolute Gasteiger partial charge is 0.145 e. The summed E-state index contributed by atoms with van der Waals surface area (Å²) in [4.78, 5) is 0. The third kappa shape index (κ3) is 2.20. The van der Waals surface area contributed by atoms with E-state index in [-0.39, 0.29) is 6.10 Å². The van der Waals surface area contributed by atoms with Gasteiger partial charge in [0.1, 0.15) is 11.9 Å². The van der Waals surface area contributed by atoms with Crippen molar-refractivity contribution in [1.29, 1.82) is 0 Å². The molecule has 0 spiro atoms. The van der Waals surface area contributed by atoms with Crippen LogP contribution in [0.25, 0.3) is 0 Å². The van der Waals surface area contributed by atoms with Gasteiger partial charge < -0.3 is 14.6 Å². The maximum atomic E-state index is 9.85. The second-order valence-electron chi connectivity index (χ2n) is 4.83. The van der Waals surface area contributed by atoms with Crippen molar-refractivity contribution in [2.75, 3.05) is 13.2 Å². The number of aliphatic hydroxyl groups is 1. The fourth-order valence-corrected chi connectivity index (χ4v) is 1.90. The molecule has 0 bridgehead atoms. The van der Waals surface area contributed by atoms with Crippen molar-refractivity contribution in [3.05, 3.63) is 29.8 Å². The molecule has 1 N–H and O–H groups in total. The lowest BCUT2D eigenvalue weighted by Gasteiger charge is -2.26. The molecular formula is C13H16O3. The minimum atomic E-state index is -0.432.